The van der Waals surface area contributed by atoms with Gasteiger partial charge in [-0.2, -0.15) is 0 Å². The highest BCUT2D eigenvalue weighted by atomic mass is 16.5. The molecule has 0 bridgehead atoms. The molecule has 1 aromatic rings. The van der Waals surface area contributed by atoms with Crippen molar-refractivity contribution < 1.29 is 9.84 Å². The topological polar surface area (TPSA) is 29.5 Å². The standard InChI is InChI=1S/C16H26O2/c1-4-5-6-7-8-11-18-16-10-9-15(14(3)17)12-13(16)2/h9-10,12,14,17H,4-8,11H2,1-3H3/t14-/m1/s1. The molecule has 0 saturated heterocycles. The van der Waals surface area contributed by atoms with E-state index in [1.807, 2.05) is 25.1 Å². The summed E-state index contributed by atoms with van der Waals surface area (Å²) < 4.78 is 5.77. The summed E-state index contributed by atoms with van der Waals surface area (Å²) in [5, 5.41) is 9.49. The van der Waals surface area contributed by atoms with Gasteiger partial charge in [0.2, 0.25) is 0 Å². The monoisotopic (exact) mass is 250 g/mol. The van der Waals surface area contributed by atoms with Crippen molar-refractivity contribution in [2.45, 2.75) is 59.0 Å². The van der Waals surface area contributed by atoms with Crippen molar-refractivity contribution in [2.75, 3.05) is 6.61 Å². The molecule has 0 aromatic heterocycles. The minimum absolute atomic E-state index is 0.410. The maximum absolute atomic E-state index is 9.49. The third kappa shape index (κ3) is 5.09. The molecule has 18 heavy (non-hydrogen) atoms. The van der Waals surface area contributed by atoms with Gasteiger partial charge >= 0.3 is 0 Å². The summed E-state index contributed by atoms with van der Waals surface area (Å²) in [5.74, 6) is 0.940. The maximum Gasteiger partial charge on any atom is 0.122 e. The molecule has 0 fully saturated rings. The Morgan fingerprint density at radius 1 is 1.17 bits per heavy atom. The molecule has 0 aliphatic carbocycles. The predicted octanol–water partition coefficient (Wildman–Crippen LogP) is 4.40. The molecule has 0 radical (unpaired) electrons. The van der Waals surface area contributed by atoms with Gasteiger partial charge in [-0.05, 0) is 43.5 Å². The molecule has 0 unspecified atom stereocenters. The van der Waals surface area contributed by atoms with Crippen LogP contribution in [-0.4, -0.2) is 11.7 Å². The fourth-order valence-electron chi connectivity index (χ4n) is 1.98. The van der Waals surface area contributed by atoms with Crippen molar-refractivity contribution >= 4 is 0 Å². The van der Waals surface area contributed by atoms with E-state index < -0.39 is 6.10 Å². The lowest BCUT2D eigenvalue weighted by molar-refractivity contribution is 0.199. The minimum atomic E-state index is -0.410. The van der Waals surface area contributed by atoms with Gasteiger partial charge in [-0.15, -0.1) is 0 Å². The highest BCUT2D eigenvalue weighted by Gasteiger charge is 2.04. The van der Waals surface area contributed by atoms with Crippen molar-refractivity contribution in [3.63, 3.8) is 0 Å². The first-order valence-electron chi connectivity index (χ1n) is 7.06. The van der Waals surface area contributed by atoms with Crippen LogP contribution in [0, 0.1) is 6.92 Å². The molecular formula is C16H26O2. The van der Waals surface area contributed by atoms with Gasteiger partial charge in [0.15, 0.2) is 0 Å². The van der Waals surface area contributed by atoms with Crippen LogP contribution >= 0.6 is 0 Å². The second-order valence-electron chi connectivity index (χ2n) is 4.96. The van der Waals surface area contributed by atoms with E-state index in [1.54, 1.807) is 6.92 Å². The Balaban J connectivity index is 2.34. The molecule has 2 nitrogen and oxygen atoms in total. The largest absolute Gasteiger partial charge is 0.493 e. The fourth-order valence-corrected chi connectivity index (χ4v) is 1.98. The molecule has 1 rings (SSSR count). The summed E-state index contributed by atoms with van der Waals surface area (Å²) in [6.07, 6.45) is 5.87. The van der Waals surface area contributed by atoms with E-state index in [9.17, 15) is 5.11 Å². The third-order valence-electron chi connectivity index (χ3n) is 3.19. The van der Waals surface area contributed by atoms with Crippen LogP contribution in [0.3, 0.4) is 0 Å². The van der Waals surface area contributed by atoms with Crippen molar-refractivity contribution in [3.8, 4) is 5.75 Å². The minimum Gasteiger partial charge on any atom is -0.493 e. The average molecular weight is 250 g/mol. The molecule has 0 aliphatic rings. The van der Waals surface area contributed by atoms with E-state index in [0.29, 0.717) is 0 Å². The van der Waals surface area contributed by atoms with Crippen LogP contribution in [0.15, 0.2) is 18.2 Å². The zero-order chi connectivity index (χ0) is 13.4. The predicted molar refractivity (Wildman–Crippen MR) is 76.1 cm³/mol. The number of aliphatic hydroxyl groups is 1. The Morgan fingerprint density at radius 2 is 1.89 bits per heavy atom. The van der Waals surface area contributed by atoms with E-state index in [4.69, 9.17) is 4.74 Å². The summed E-state index contributed by atoms with van der Waals surface area (Å²) in [7, 11) is 0. The number of hydrogen-bond acceptors (Lipinski definition) is 2. The van der Waals surface area contributed by atoms with Gasteiger partial charge in [-0.3, -0.25) is 0 Å². The van der Waals surface area contributed by atoms with Crippen molar-refractivity contribution in [3.05, 3.63) is 29.3 Å². The number of benzene rings is 1. The van der Waals surface area contributed by atoms with Crippen LogP contribution in [0.25, 0.3) is 0 Å². The summed E-state index contributed by atoms with van der Waals surface area (Å²) in [4.78, 5) is 0. The van der Waals surface area contributed by atoms with E-state index in [2.05, 4.69) is 6.92 Å². The Labute approximate surface area is 111 Å². The van der Waals surface area contributed by atoms with Crippen LogP contribution in [-0.2, 0) is 0 Å². The quantitative estimate of drug-likeness (QED) is 0.693. The second-order valence-corrected chi connectivity index (χ2v) is 4.96. The van der Waals surface area contributed by atoms with Crippen LogP contribution in [0.4, 0.5) is 0 Å². The Kier molecular flexibility index (Phi) is 6.81. The zero-order valence-corrected chi connectivity index (χ0v) is 11.9. The fraction of sp³-hybridized carbons (Fsp3) is 0.625. The summed E-state index contributed by atoms with van der Waals surface area (Å²) in [5.41, 5.74) is 2.05. The number of aliphatic hydroxyl groups excluding tert-OH is 1. The van der Waals surface area contributed by atoms with Gasteiger partial charge < -0.3 is 9.84 Å². The van der Waals surface area contributed by atoms with Gasteiger partial charge in [-0.1, -0.05) is 38.7 Å². The molecule has 102 valence electrons. The summed E-state index contributed by atoms with van der Waals surface area (Å²) >= 11 is 0. The second kappa shape index (κ2) is 8.15. The SMILES string of the molecule is CCCCCCCOc1ccc([C@@H](C)O)cc1C. The normalized spacial score (nSPS) is 12.4. The number of unbranched alkanes of at least 4 members (excludes halogenated alkanes) is 4. The summed E-state index contributed by atoms with van der Waals surface area (Å²) in [6, 6.07) is 5.89. The lowest BCUT2D eigenvalue weighted by Crippen LogP contribution is -2.00. The number of rotatable bonds is 8. The van der Waals surface area contributed by atoms with Crippen LogP contribution in [0.2, 0.25) is 0 Å². The smallest absolute Gasteiger partial charge is 0.122 e. The van der Waals surface area contributed by atoms with Gasteiger partial charge in [0, 0.05) is 0 Å². The molecule has 0 amide bonds. The first-order chi connectivity index (χ1) is 8.65. The van der Waals surface area contributed by atoms with E-state index in [1.165, 1.54) is 25.7 Å². The van der Waals surface area contributed by atoms with Gasteiger partial charge in [0.25, 0.3) is 0 Å². The molecular weight excluding hydrogens is 224 g/mol. The lowest BCUT2D eigenvalue weighted by Gasteiger charge is -2.12. The number of ether oxygens (including phenoxy) is 1. The van der Waals surface area contributed by atoms with Gasteiger partial charge in [-0.25, -0.2) is 0 Å². The van der Waals surface area contributed by atoms with E-state index in [-0.39, 0.29) is 0 Å². The van der Waals surface area contributed by atoms with Gasteiger partial charge in [0.1, 0.15) is 5.75 Å². The molecule has 2 heteroatoms. The Bertz CT molecular complexity index is 345. The first-order valence-corrected chi connectivity index (χ1v) is 7.06. The molecule has 0 aliphatic heterocycles. The average Bonchev–Trinajstić information content (AvgIpc) is 2.35. The van der Waals surface area contributed by atoms with Gasteiger partial charge in [0.05, 0.1) is 12.7 Å². The Morgan fingerprint density at radius 3 is 2.50 bits per heavy atom. The first kappa shape index (κ1) is 15.0. The van der Waals surface area contributed by atoms with E-state index in [0.717, 1.165) is 29.9 Å². The number of aryl methyl sites for hydroxylation is 1. The molecule has 1 N–H and O–H groups in total. The third-order valence-corrected chi connectivity index (χ3v) is 3.19. The highest BCUT2D eigenvalue weighted by molar-refractivity contribution is 5.36. The highest BCUT2D eigenvalue weighted by Crippen LogP contribution is 2.22. The zero-order valence-electron chi connectivity index (χ0n) is 11.9. The molecule has 1 atom stereocenters. The number of hydrogen-bond donors (Lipinski definition) is 1. The van der Waals surface area contributed by atoms with Crippen molar-refractivity contribution in [2.24, 2.45) is 0 Å². The van der Waals surface area contributed by atoms with E-state index >= 15 is 0 Å². The van der Waals surface area contributed by atoms with Crippen LogP contribution in [0.5, 0.6) is 5.75 Å². The molecule has 0 heterocycles. The molecule has 0 spiro atoms. The maximum atomic E-state index is 9.49. The van der Waals surface area contributed by atoms with Crippen LogP contribution in [0.1, 0.15) is 63.2 Å². The summed E-state index contributed by atoms with van der Waals surface area (Å²) in [6.45, 7) is 6.82. The van der Waals surface area contributed by atoms with Crippen molar-refractivity contribution in [1.82, 2.24) is 0 Å². The van der Waals surface area contributed by atoms with Crippen molar-refractivity contribution in [1.29, 1.82) is 0 Å². The lowest BCUT2D eigenvalue weighted by atomic mass is 10.1. The van der Waals surface area contributed by atoms with Crippen LogP contribution < -0.4 is 4.74 Å². The molecule has 0 saturated carbocycles. The Hall–Kier alpha value is -1.02. The molecule has 1 aromatic carbocycles.